The number of thiophene rings is 1. The predicted octanol–water partition coefficient (Wildman–Crippen LogP) is 4.85. The molecule has 2 N–H and O–H groups in total. The SMILES string of the molecule is CCOC(=O)c1c(C)nc2sc(C(=O)c3ccccc3)c(N)c2c1-c1ccco1. The number of ether oxygens (including phenoxy) is 1. The number of rotatable bonds is 5. The van der Waals surface area contributed by atoms with Crippen LogP contribution in [0.1, 0.15) is 38.2 Å². The lowest BCUT2D eigenvalue weighted by molar-refractivity contribution is 0.0525. The van der Waals surface area contributed by atoms with Crippen molar-refractivity contribution in [2.24, 2.45) is 0 Å². The summed E-state index contributed by atoms with van der Waals surface area (Å²) in [5.41, 5.74) is 8.52. The number of anilines is 1. The summed E-state index contributed by atoms with van der Waals surface area (Å²) in [6.45, 7) is 3.69. The van der Waals surface area contributed by atoms with E-state index >= 15 is 0 Å². The molecule has 0 aliphatic carbocycles. The molecule has 0 unspecified atom stereocenters. The number of ketones is 1. The molecule has 1 aromatic carbocycles. The topological polar surface area (TPSA) is 95.4 Å². The van der Waals surface area contributed by atoms with Crippen LogP contribution in [0.25, 0.3) is 21.5 Å². The molecule has 0 saturated heterocycles. The van der Waals surface area contributed by atoms with Crippen LogP contribution in [0, 0.1) is 6.92 Å². The van der Waals surface area contributed by atoms with E-state index in [-0.39, 0.29) is 23.6 Å². The molecule has 0 radical (unpaired) electrons. The third-order valence-corrected chi connectivity index (χ3v) is 5.65. The van der Waals surface area contributed by atoms with E-state index in [0.717, 1.165) is 0 Å². The summed E-state index contributed by atoms with van der Waals surface area (Å²) in [4.78, 5) is 31.2. The molecule has 0 fully saturated rings. The molecule has 6 nitrogen and oxygen atoms in total. The number of fused-ring (bicyclic) bond motifs is 1. The van der Waals surface area contributed by atoms with Gasteiger partial charge in [0.2, 0.25) is 5.78 Å². The van der Waals surface area contributed by atoms with Gasteiger partial charge in [0.15, 0.2) is 0 Å². The van der Waals surface area contributed by atoms with Crippen LogP contribution in [0.15, 0.2) is 53.1 Å². The second-order valence-electron chi connectivity index (χ2n) is 6.37. The van der Waals surface area contributed by atoms with Gasteiger partial charge in [-0.3, -0.25) is 4.79 Å². The average molecular weight is 406 g/mol. The Kier molecular flexibility index (Phi) is 4.90. The first-order valence-electron chi connectivity index (χ1n) is 9.06. The molecule has 3 heterocycles. The van der Waals surface area contributed by atoms with Crippen LogP contribution in [0.2, 0.25) is 0 Å². The maximum atomic E-state index is 13.0. The van der Waals surface area contributed by atoms with Crippen LogP contribution >= 0.6 is 11.3 Å². The van der Waals surface area contributed by atoms with Crippen molar-refractivity contribution in [1.29, 1.82) is 0 Å². The van der Waals surface area contributed by atoms with Gasteiger partial charge in [0.05, 0.1) is 29.8 Å². The Morgan fingerprint density at radius 2 is 1.93 bits per heavy atom. The predicted molar refractivity (Wildman–Crippen MR) is 112 cm³/mol. The van der Waals surface area contributed by atoms with E-state index in [1.54, 1.807) is 50.2 Å². The van der Waals surface area contributed by atoms with Crippen LogP contribution in [0.3, 0.4) is 0 Å². The number of carbonyl (C=O) groups is 2. The number of carbonyl (C=O) groups excluding carboxylic acids is 2. The van der Waals surface area contributed by atoms with E-state index in [0.29, 0.717) is 37.7 Å². The standard InChI is InChI=1S/C22H18N2O4S/c1-3-27-22(26)15-12(2)24-21-17(16(15)14-10-7-11-28-14)18(23)20(29-21)19(25)13-8-5-4-6-9-13/h4-11H,3,23H2,1-2H3. The number of aromatic nitrogens is 1. The summed E-state index contributed by atoms with van der Waals surface area (Å²) in [7, 11) is 0. The average Bonchev–Trinajstić information content (AvgIpc) is 3.36. The zero-order valence-corrected chi connectivity index (χ0v) is 16.7. The van der Waals surface area contributed by atoms with E-state index in [2.05, 4.69) is 4.98 Å². The lowest BCUT2D eigenvalue weighted by Crippen LogP contribution is -2.10. The quantitative estimate of drug-likeness (QED) is 0.376. The number of pyridine rings is 1. The molecular weight excluding hydrogens is 388 g/mol. The van der Waals surface area contributed by atoms with Crippen molar-refractivity contribution in [2.75, 3.05) is 12.3 Å². The Bertz CT molecular complexity index is 1210. The smallest absolute Gasteiger partial charge is 0.340 e. The van der Waals surface area contributed by atoms with Crippen molar-refractivity contribution in [1.82, 2.24) is 4.98 Å². The van der Waals surface area contributed by atoms with Crippen molar-refractivity contribution < 1.29 is 18.7 Å². The molecule has 4 aromatic rings. The monoisotopic (exact) mass is 406 g/mol. The van der Waals surface area contributed by atoms with Crippen LogP contribution < -0.4 is 5.73 Å². The van der Waals surface area contributed by atoms with E-state index in [9.17, 15) is 9.59 Å². The molecule has 29 heavy (non-hydrogen) atoms. The van der Waals surface area contributed by atoms with Crippen LogP contribution in [0.4, 0.5) is 5.69 Å². The van der Waals surface area contributed by atoms with Crippen molar-refractivity contribution in [3.8, 4) is 11.3 Å². The molecule has 0 saturated carbocycles. The zero-order valence-electron chi connectivity index (χ0n) is 15.9. The summed E-state index contributed by atoms with van der Waals surface area (Å²) in [6, 6.07) is 12.4. The number of aryl methyl sites for hydroxylation is 1. The Balaban J connectivity index is 2.02. The Morgan fingerprint density at radius 3 is 2.59 bits per heavy atom. The van der Waals surface area contributed by atoms with Gasteiger partial charge in [-0.1, -0.05) is 30.3 Å². The molecule has 0 spiro atoms. The van der Waals surface area contributed by atoms with E-state index in [1.165, 1.54) is 17.6 Å². The largest absolute Gasteiger partial charge is 0.464 e. The second kappa shape index (κ2) is 7.52. The Hall–Kier alpha value is -3.45. The van der Waals surface area contributed by atoms with Gasteiger partial charge in [-0.15, -0.1) is 11.3 Å². The third-order valence-electron chi connectivity index (χ3n) is 4.55. The highest BCUT2D eigenvalue weighted by Crippen LogP contribution is 2.43. The van der Waals surface area contributed by atoms with E-state index in [4.69, 9.17) is 14.9 Å². The third kappa shape index (κ3) is 3.19. The fourth-order valence-electron chi connectivity index (χ4n) is 3.28. The number of nitrogens with zero attached hydrogens (tertiary/aromatic N) is 1. The molecular formula is C22H18N2O4S. The van der Waals surface area contributed by atoms with Gasteiger partial charge in [-0.2, -0.15) is 0 Å². The van der Waals surface area contributed by atoms with Crippen LogP contribution in [-0.4, -0.2) is 23.3 Å². The molecule has 4 rings (SSSR count). The maximum absolute atomic E-state index is 13.0. The zero-order chi connectivity index (χ0) is 20.5. The van der Waals surface area contributed by atoms with E-state index in [1.807, 2.05) is 6.07 Å². The Labute approximate surface area is 170 Å². The van der Waals surface area contributed by atoms with Crippen LogP contribution in [-0.2, 0) is 4.74 Å². The number of furan rings is 1. The minimum atomic E-state index is -0.507. The van der Waals surface area contributed by atoms with Gasteiger partial charge in [-0.05, 0) is 26.0 Å². The lowest BCUT2D eigenvalue weighted by atomic mass is 9.99. The molecule has 3 aromatic heterocycles. The highest BCUT2D eigenvalue weighted by atomic mass is 32.1. The number of hydrogen-bond donors (Lipinski definition) is 1. The lowest BCUT2D eigenvalue weighted by Gasteiger charge is -2.11. The van der Waals surface area contributed by atoms with Gasteiger partial charge < -0.3 is 14.9 Å². The molecule has 146 valence electrons. The highest BCUT2D eigenvalue weighted by molar-refractivity contribution is 7.21. The van der Waals surface area contributed by atoms with Crippen molar-refractivity contribution in [3.63, 3.8) is 0 Å². The minimum absolute atomic E-state index is 0.188. The molecule has 0 amide bonds. The number of nitrogens with two attached hydrogens (primary N) is 1. The molecule has 7 heteroatoms. The molecule has 0 aliphatic heterocycles. The van der Waals surface area contributed by atoms with Crippen molar-refractivity contribution in [3.05, 3.63) is 70.4 Å². The normalized spacial score (nSPS) is 11.0. The summed E-state index contributed by atoms with van der Waals surface area (Å²) in [5.74, 6) is -0.231. The van der Waals surface area contributed by atoms with E-state index < -0.39 is 5.97 Å². The van der Waals surface area contributed by atoms with Gasteiger partial charge in [0, 0.05) is 16.5 Å². The summed E-state index contributed by atoms with van der Waals surface area (Å²) < 4.78 is 10.8. The van der Waals surface area contributed by atoms with Crippen molar-refractivity contribution in [2.45, 2.75) is 13.8 Å². The van der Waals surface area contributed by atoms with Gasteiger partial charge >= 0.3 is 5.97 Å². The van der Waals surface area contributed by atoms with Crippen LogP contribution in [0.5, 0.6) is 0 Å². The molecule has 0 aliphatic rings. The first kappa shape index (κ1) is 18.9. The Morgan fingerprint density at radius 1 is 1.17 bits per heavy atom. The maximum Gasteiger partial charge on any atom is 0.340 e. The number of nitrogen functional groups attached to an aromatic ring is 1. The fraction of sp³-hybridized carbons (Fsp3) is 0.136. The molecule has 0 bridgehead atoms. The molecule has 0 atom stereocenters. The number of hydrogen-bond acceptors (Lipinski definition) is 7. The summed E-state index contributed by atoms with van der Waals surface area (Å²) >= 11 is 1.21. The van der Waals surface area contributed by atoms with Gasteiger partial charge in [0.1, 0.15) is 15.5 Å². The van der Waals surface area contributed by atoms with Gasteiger partial charge in [-0.25, -0.2) is 9.78 Å². The minimum Gasteiger partial charge on any atom is -0.464 e. The summed E-state index contributed by atoms with van der Waals surface area (Å²) in [5, 5.41) is 0.526. The highest BCUT2D eigenvalue weighted by Gasteiger charge is 2.28. The summed E-state index contributed by atoms with van der Waals surface area (Å²) in [6.07, 6.45) is 1.52. The first-order valence-corrected chi connectivity index (χ1v) is 9.87. The van der Waals surface area contributed by atoms with Gasteiger partial charge in [0.25, 0.3) is 0 Å². The first-order chi connectivity index (χ1) is 14.0. The van der Waals surface area contributed by atoms with Crippen molar-refractivity contribution >= 4 is 39.0 Å². The number of esters is 1. The second-order valence-corrected chi connectivity index (χ2v) is 7.36. The number of benzene rings is 1. The fourth-order valence-corrected chi connectivity index (χ4v) is 4.39.